The molecular weight excluding hydrogens is 609 g/mol. The lowest BCUT2D eigenvalue weighted by Gasteiger charge is -2.29. The van der Waals surface area contributed by atoms with Gasteiger partial charge in [-0.25, -0.2) is 0 Å². The van der Waals surface area contributed by atoms with Gasteiger partial charge in [0.05, 0.1) is 0 Å². The van der Waals surface area contributed by atoms with Gasteiger partial charge in [0, 0.05) is 41.7 Å². The summed E-state index contributed by atoms with van der Waals surface area (Å²) in [6.07, 6.45) is 1.55. The summed E-state index contributed by atoms with van der Waals surface area (Å²) in [4.78, 5) is 44.5. The SMILES string of the molecule is Cc1cc(C)cc(C(=O)N(C)[C@H](Cc2ccc(-c3ccsc3)cc2)C(=O)N[C@H](C(N)=O)C(c2c[nH]c3ccccc23)=S(=O)=O)c1. The number of hydrogen-bond donors (Lipinski definition) is 3. The number of fused-ring (bicyclic) bond motifs is 1. The summed E-state index contributed by atoms with van der Waals surface area (Å²) >= 11 is 1.59. The first-order valence-electron chi connectivity index (χ1n) is 14.1. The summed E-state index contributed by atoms with van der Waals surface area (Å²) < 4.78 is 25.2. The number of nitrogens with two attached hydrogens (primary N) is 1. The van der Waals surface area contributed by atoms with Gasteiger partial charge in [-0.2, -0.15) is 19.8 Å². The van der Waals surface area contributed by atoms with Gasteiger partial charge in [0.2, 0.25) is 22.1 Å². The maximum atomic E-state index is 14.1. The van der Waals surface area contributed by atoms with E-state index in [9.17, 15) is 22.8 Å². The summed E-state index contributed by atoms with van der Waals surface area (Å²) in [5, 5.41) is 7.13. The molecule has 0 aliphatic carbocycles. The quantitative estimate of drug-likeness (QED) is 0.154. The Balaban J connectivity index is 1.51. The van der Waals surface area contributed by atoms with Gasteiger partial charge in [0.15, 0.2) is 0 Å². The Kier molecular flexibility index (Phi) is 9.31. The molecule has 9 nitrogen and oxygen atoms in total. The first kappa shape index (κ1) is 31.4. The molecule has 5 aromatic rings. The van der Waals surface area contributed by atoms with E-state index in [2.05, 4.69) is 10.3 Å². The van der Waals surface area contributed by atoms with E-state index in [0.29, 0.717) is 16.5 Å². The van der Waals surface area contributed by atoms with Crippen LogP contribution in [-0.2, 0) is 26.3 Å². The molecule has 0 bridgehead atoms. The monoisotopic (exact) mass is 640 g/mol. The lowest BCUT2D eigenvalue weighted by molar-refractivity contribution is -0.128. The molecule has 0 spiro atoms. The maximum absolute atomic E-state index is 14.1. The molecule has 11 heteroatoms. The lowest BCUT2D eigenvalue weighted by Crippen LogP contribution is -2.56. The Labute approximate surface area is 266 Å². The average molecular weight is 641 g/mol. The van der Waals surface area contributed by atoms with Gasteiger partial charge in [0.1, 0.15) is 16.9 Å². The molecule has 3 amide bonds. The fourth-order valence-electron chi connectivity index (χ4n) is 5.46. The van der Waals surface area contributed by atoms with Crippen LogP contribution < -0.4 is 11.1 Å². The first-order valence-corrected chi connectivity index (χ1v) is 16.1. The average Bonchev–Trinajstić information content (AvgIpc) is 3.69. The van der Waals surface area contributed by atoms with Gasteiger partial charge in [-0.3, -0.25) is 14.4 Å². The van der Waals surface area contributed by atoms with Crippen LogP contribution in [-0.4, -0.2) is 60.0 Å². The third-order valence-electron chi connectivity index (χ3n) is 7.66. The number of para-hydroxylation sites is 1. The highest BCUT2D eigenvalue weighted by Gasteiger charge is 2.34. The van der Waals surface area contributed by atoms with E-state index in [4.69, 9.17) is 5.73 Å². The van der Waals surface area contributed by atoms with Crippen molar-refractivity contribution in [1.29, 1.82) is 0 Å². The Bertz CT molecular complexity index is 2000. The number of carbonyl (C=O) groups is 3. The number of benzene rings is 3. The molecule has 230 valence electrons. The number of aryl methyl sites for hydroxylation is 2. The zero-order valence-corrected chi connectivity index (χ0v) is 26.5. The van der Waals surface area contributed by atoms with Gasteiger partial charge in [-0.05, 0) is 65.6 Å². The first-order chi connectivity index (χ1) is 21.5. The Morgan fingerprint density at radius 1 is 0.956 bits per heavy atom. The molecule has 0 aliphatic rings. The summed E-state index contributed by atoms with van der Waals surface area (Å²) in [6, 6.07) is 19.2. The molecule has 5 rings (SSSR count). The Morgan fingerprint density at radius 3 is 2.27 bits per heavy atom. The van der Waals surface area contributed by atoms with Crippen molar-refractivity contribution in [2.45, 2.75) is 32.4 Å². The van der Waals surface area contributed by atoms with Crippen LogP contribution in [0.15, 0.2) is 89.8 Å². The van der Waals surface area contributed by atoms with Gasteiger partial charge in [-0.1, -0.05) is 59.7 Å². The van der Waals surface area contributed by atoms with Crippen molar-refractivity contribution < 1.29 is 22.8 Å². The highest BCUT2D eigenvalue weighted by Crippen LogP contribution is 2.24. The van der Waals surface area contributed by atoms with Crippen LogP contribution in [0, 0.1) is 13.8 Å². The number of aromatic amines is 1. The standard InChI is InChI=1S/C34H32N4O5S2/c1-20-14-21(2)16-25(15-20)34(41)38(3)29(17-22-8-10-23(11-9-22)24-12-13-44-19-24)33(40)37-30(32(35)39)31(45(42)43)27-18-36-28-7-5-4-6-26(27)28/h4-16,18-19,29-30,36H,17H2,1-3H3,(H2,35,39)(H,37,40)/t29-,30+/m1/s1. The molecule has 0 unspecified atom stereocenters. The topological polar surface area (TPSA) is 142 Å². The van der Waals surface area contributed by atoms with Gasteiger partial charge in [-0.15, -0.1) is 0 Å². The van der Waals surface area contributed by atoms with Crippen LogP contribution in [0.2, 0.25) is 0 Å². The van der Waals surface area contributed by atoms with Crippen LogP contribution in [0.5, 0.6) is 0 Å². The number of nitrogens with one attached hydrogen (secondary N) is 2. The van der Waals surface area contributed by atoms with Crippen LogP contribution >= 0.6 is 11.3 Å². The molecule has 2 heterocycles. The fraction of sp³-hybridized carbons (Fsp3) is 0.176. The minimum Gasteiger partial charge on any atom is -0.368 e. The van der Waals surface area contributed by atoms with Crippen molar-refractivity contribution in [2.75, 3.05) is 7.05 Å². The van der Waals surface area contributed by atoms with Crippen molar-refractivity contribution in [2.24, 2.45) is 5.73 Å². The van der Waals surface area contributed by atoms with E-state index in [1.54, 1.807) is 47.7 Å². The predicted molar refractivity (Wildman–Crippen MR) is 178 cm³/mol. The highest BCUT2D eigenvalue weighted by atomic mass is 32.2. The number of hydrogen-bond acceptors (Lipinski definition) is 6. The summed E-state index contributed by atoms with van der Waals surface area (Å²) in [5.74, 6) is -2.19. The van der Waals surface area contributed by atoms with E-state index < -0.39 is 40.1 Å². The fourth-order valence-corrected chi connectivity index (χ4v) is 6.84. The van der Waals surface area contributed by atoms with Crippen molar-refractivity contribution in [3.8, 4) is 11.1 Å². The number of H-pyrrole nitrogens is 1. The molecule has 0 fully saturated rings. The van der Waals surface area contributed by atoms with Crippen LogP contribution in [0.3, 0.4) is 0 Å². The number of carbonyl (C=O) groups excluding carboxylic acids is 3. The Hall–Kier alpha value is -5.00. The number of amides is 3. The number of thiophene rings is 1. The molecule has 4 N–H and O–H groups in total. The molecular formula is C34H32N4O5S2. The van der Waals surface area contributed by atoms with Crippen LogP contribution in [0.25, 0.3) is 22.0 Å². The van der Waals surface area contributed by atoms with Crippen LogP contribution in [0.4, 0.5) is 0 Å². The minimum absolute atomic E-state index is 0.0944. The lowest BCUT2D eigenvalue weighted by atomic mass is 9.98. The molecule has 0 aliphatic heterocycles. The smallest absolute Gasteiger partial charge is 0.254 e. The van der Waals surface area contributed by atoms with Crippen molar-refractivity contribution in [3.63, 3.8) is 0 Å². The zero-order chi connectivity index (χ0) is 32.2. The van der Waals surface area contributed by atoms with Crippen molar-refractivity contribution in [1.82, 2.24) is 15.2 Å². The summed E-state index contributed by atoms with van der Waals surface area (Å²) in [6.45, 7) is 3.76. The molecule has 0 saturated carbocycles. The molecule has 0 saturated heterocycles. The molecule has 2 aromatic heterocycles. The third kappa shape index (κ3) is 6.89. The minimum atomic E-state index is -2.93. The second-order valence-electron chi connectivity index (χ2n) is 10.9. The van der Waals surface area contributed by atoms with E-state index >= 15 is 0 Å². The largest absolute Gasteiger partial charge is 0.368 e. The second-order valence-corrected chi connectivity index (χ2v) is 12.6. The highest BCUT2D eigenvalue weighted by molar-refractivity contribution is 7.73. The number of aromatic nitrogens is 1. The second kappa shape index (κ2) is 13.3. The molecule has 2 atom stereocenters. The normalized spacial score (nSPS) is 12.3. The van der Waals surface area contributed by atoms with Crippen LogP contribution in [0.1, 0.15) is 32.6 Å². The number of primary amides is 1. The Morgan fingerprint density at radius 2 is 1.64 bits per heavy atom. The molecule has 0 radical (unpaired) electrons. The van der Waals surface area contributed by atoms with E-state index in [1.807, 2.05) is 61.0 Å². The predicted octanol–water partition coefficient (Wildman–Crippen LogP) is 4.27. The number of nitrogens with zero attached hydrogens (tertiary/aromatic N) is 1. The van der Waals surface area contributed by atoms with E-state index in [1.165, 1.54) is 18.1 Å². The van der Waals surface area contributed by atoms with E-state index in [-0.39, 0.29) is 16.8 Å². The van der Waals surface area contributed by atoms with Gasteiger partial charge < -0.3 is 20.9 Å². The zero-order valence-electron chi connectivity index (χ0n) is 24.9. The molecule has 45 heavy (non-hydrogen) atoms. The van der Waals surface area contributed by atoms with E-state index in [0.717, 1.165) is 27.8 Å². The molecule has 3 aromatic carbocycles. The van der Waals surface area contributed by atoms with Gasteiger partial charge in [0.25, 0.3) is 5.91 Å². The van der Waals surface area contributed by atoms with Gasteiger partial charge >= 0.3 is 0 Å². The van der Waals surface area contributed by atoms with Crippen molar-refractivity contribution >= 4 is 55.1 Å². The summed E-state index contributed by atoms with van der Waals surface area (Å²) in [5.41, 5.74) is 11.6. The maximum Gasteiger partial charge on any atom is 0.254 e. The van der Waals surface area contributed by atoms with Crippen molar-refractivity contribution in [3.05, 3.63) is 118 Å². The number of rotatable bonds is 10. The summed E-state index contributed by atoms with van der Waals surface area (Å²) in [7, 11) is -1.41. The third-order valence-corrected chi connectivity index (χ3v) is 9.16. The number of likely N-dealkylation sites (N-methyl/N-ethyl adjacent to an activating group) is 1.